The van der Waals surface area contributed by atoms with Crippen molar-refractivity contribution < 1.29 is 18.7 Å². The van der Waals surface area contributed by atoms with Crippen molar-refractivity contribution in [2.45, 2.75) is 0 Å². The Morgan fingerprint density at radius 1 is 1.27 bits per heavy atom. The van der Waals surface area contributed by atoms with E-state index in [0.717, 1.165) is 0 Å². The molecule has 0 saturated heterocycles. The molecule has 2 rings (SSSR count). The summed E-state index contributed by atoms with van der Waals surface area (Å²) in [5.74, 6) is -1.82. The maximum absolute atomic E-state index is 14.4. The number of rotatable bonds is 3. The van der Waals surface area contributed by atoms with Gasteiger partial charge < -0.3 is 15.2 Å². The first-order valence-corrected chi connectivity index (χ1v) is 6.73. The number of pyridine rings is 1. The molecule has 1 heterocycles. The highest BCUT2D eigenvalue weighted by molar-refractivity contribution is 6.42. The Hall–Kier alpha value is -2.05. The van der Waals surface area contributed by atoms with E-state index in [0.29, 0.717) is 10.6 Å². The zero-order valence-electron chi connectivity index (χ0n) is 11.6. The molecule has 1 aromatic carbocycles. The van der Waals surface area contributed by atoms with E-state index in [4.69, 9.17) is 33.7 Å². The summed E-state index contributed by atoms with van der Waals surface area (Å²) < 4.78 is 24.0. The van der Waals surface area contributed by atoms with Crippen LogP contribution in [0.4, 0.5) is 10.1 Å². The molecule has 22 heavy (non-hydrogen) atoms. The third-order valence-corrected chi connectivity index (χ3v) is 3.64. The molecule has 0 spiro atoms. The van der Waals surface area contributed by atoms with Gasteiger partial charge in [0.25, 0.3) is 0 Å². The average Bonchev–Trinajstić information content (AvgIpc) is 2.51. The highest BCUT2D eigenvalue weighted by Crippen LogP contribution is 2.36. The SMILES string of the molecule is COC(=O)c1nc(-c2ccc(Cl)c(Cl)c2)c(F)c(N)c1OC. The Kier molecular flexibility index (Phi) is 4.73. The topological polar surface area (TPSA) is 74.4 Å². The Bertz CT molecular complexity index is 753. The molecular weight excluding hydrogens is 334 g/mol. The largest absolute Gasteiger partial charge is 0.492 e. The molecule has 0 fully saturated rings. The zero-order chi connectivity index (χ0) is 16.4. The third kappa shape index (κ3) is 2.80. The lowest BCUT2D eigenvalue weighted by Crippen LogP contribution is -2.12. The second-order valence-electron chi connectivity index (χ2n) is 4.19. The fraction of sp³-hybridized carbons (Fsp3) is 0.143. The smallest absolute Gasteiger partial charge is 0.360 e. The number of nitrogen functional groups attached to an aromatic ring is 1. The quantitative estimate of drug-likeness (QED) is 0.861. The van der Waals surface area contributed by atoms with Crippen molar-refractivity contribution in [3.05, 3.63) is 39.8 Å². The Labute approximate surface area is 135 Å². The van der Waals surface area contributed by atoms with Gasteiger partial charge >= 0.3 is 5.97 Å². The van der Waals surface area contributed by atoms with E-state index in [9.17, 15) is 9.18 Å². The monoisotopic (exact) mass is 344 g/mol. The molecule has 8 heteroatoms. The minimum atomic E-state index is -0.831. The van der Waals surface area contributed by atoms with Crippen LogP contribution in [0.5, 0.6) is 5.75 Å². The van der Waals surface area contributed by atoms with Crippen LogP contribution >= 0.6 is 23.2 Å². The molecule has 5 nitrogen and oxygen atoms in total. The van der Waals surface area contributed by atoms with Crippen molar-refractivity contribution in [3.63, 3.8) is 0 Å². The first kappa shape index (κ1) is 16.3. The van der Waals surface area contributed by atoms with Crippen LogP contribution in [-0.4, -0.2) is 25.2 Å². The van der Waals surface area contributed by atoms with Crippen LogP contribution in [0.3, 0.4) is 0 Å². The normalized spacial score (nSPS) is 10.4. The summed E-state index contributed by atoms with van der Waals surface area (Å²) >= 11 is 11.7. The van der Waals surface area contributed by atoms with Crippen LogP contribution in [0.25, 0.3) is 11.3 Å². The number of nitrogens with zero attached hydrogens (tertiary/aromatic N) is 1. The van der Waals surface area contributed by atoms with Crippen molar-refractivity contribution >= 4 is 34.9 Å². The summed E-state index contributed by atoms with van der Waals surface area (Å²) in [6.45, 7) is 0. The standard InChI is InChI=1S/C14H11Cl2FN2O3/c1-21-13-10(18)9(17)11(19-12(13)14(20)22-2)6-3-4-7(15)8(16)5-6/h3-5H,1-2H3,(H2,18,19). The van der Waals surface area contributed by atoms with Gasteiger partial charge in [-0.15, -0.1) is 0 Å². The van der Waals surface area contributed by atoms with Crippen LogP contribution in [0.1, 0.15) is 10.5 Å². The summed E-state index contributed by atoms with van der Waals surface area (Å²) in [5, 5.41) is 0.523. The van der Waals surface area contributed by atoms with Gasteiger partial charge in [-0.05, 0) is 12.1 Å². The number of hydrogen-bond acceptors (Lipinski definition) is 5. The Balaban J connectivity index is 2.73. The molecule has 0 atom stereocenters. The summed E-state index contributed by atoms with van der Waals surface area (Å²) in [5.41, 5.74) is 5.26. The van der Waals surface area contributed by atoms with Crippen LogP contribution in [0, 0.1) is 5.82 Å². The van der Waals surface area contributed by atoms with Gasteiger partial charge in [0.15, 0.2) is 17.3 Å². The first-order valence-electron chi connectivity index (χ1n) is 5.97. The number of methoxy groups -OCH3 is 2. The molecular formula is C14H11Cl2FN2O3. The summed E-state index contributed by atoms with van der Waals surface area (Å²) in [7, 11) is 2.42. The highest BCUT2D eigenvalue weighted by Gasteiger charge is 2.24. The summed E-state index contributed by atoms with van der Waals surface area (Å²) in [6, 6.07) is 4.41. The zero-order valence-corrected chi connectivity index (χ0v) is 13.1. The van der Waals surface area contributed by atoms with Crippen molar-refractivity contribution in [1.82, 2.24) is 4.98 Å². The number of esters is 1. The minimum absolute atomic E-state index is 0.155. The minimum Gasteiger partial charge on any atom is -0.492 e. The number of nitrogens with two attached hydrogens (primary N) is 1. The molecule has 2 N–H and O–H groups in total. The predicted octanol–water partition coefficient (Wildman–Crippen LogP) is 3.57. The average molecular weight is 345 g/mol. The van der Waals surface area contributed by atoms with Gasteiger partial charge in [0, 0.05) is 5.56 Å². The van der Waals surface area contributed by atoms with E-state index in [-0.39, 0.29) is 27.8 Å². The van der Waals surface area contributed by atoms with Gasteiger partial charge in [0.05, 0.1) is 24.3 Å². The molecule has 0 bridgehead atoms. The van der Waals surface area contributed by atoms with E-state index in [1.807, 2.05) is 0 Å². The maximum atomic E-state index is 14.4. The molecule has 0 aliphatic carbocycles. The van der Waals surface area contributed by atoms with Gasteiger partial charge in [-0.1, -0.05) is 29.3 Å². The fourth-order valence-electron chi connectivity index (χ4n) is 1.84. The Morgan fingerprint density at radius 3 is 2.50 bits per heavy atom. The van der Waals surface area contributed by atoms with E-state index < -0.39 is 11.8 Å². The molecule has 0 saturated carbocycles. The lowest BCUT2D eigenvalue weighted by atomic mass is 10.1. The Morgan fingerprint density at radius 2 is 1.95 bits per heavy atom. The maximum Gasteiger partial charge on any atom is 0.360 e. The molecule has 0 aliphatic heterocycles. The second-order valence-corrected chi connectivity index (χ2v) is 5.00. The highest BCUT2D eigenvalue weighted by atomic mass is 35.5. The van der Waals surface area contributed by atoms with Gasteiger partial charge in [-0.25, -0.2) is 14.2 Å². The van der Waals surface area contributed by atoms with Crippen molar-refractivity contribution in [1.29, 1.82) is 0 Å². The number of anilines is 1. The van der Waals surface area contributed by atoms with Crippen LogP contribution in [-0.2, 0) is 4.74 Å². The molecule has 116 valence electrons. The van der Waals surface area contributed by atoms with Crippen molar-refractivity contribution in [3.8, 4) is 17.0 Å². The molecule has 1 aromatic heterocycles. The van der Waals surface area contributed by atoms with E-state index in [2.05, 4.69) is 9.72 Å². The third-order valence-electron chi connectivity index (χ3n) is 2.90. The van der Waals surface area contributed by atoms with E-state index in [1.54, 1.807) is 0 Å². The summed E-state index contributed by atoms with van der Waals surface area (Å²) in [6.07, 6.45) is 0. The number of hydrogen-bond donors (Lipinski definition) is 1. The van der Waals surface area contributed by atoms with Gasteiger partial charge in [0.1, 0.15) is 11.4 Å². The number of ether oxygens (including phenoxy) is 2. The van der Waals surface area contributed by atoms with Gasteiger partial charge in [-0.2, -0.15) is 0 Å². The summed E-state index contributed by atoms with van der Waals surface area (Å²) in [4.78, 5) is 15.7. The number of carbonyl (C=O) groups excluding carboxylic acids is 1. The second kappa shape index (κ2) is 6.37. The van der Waals surface area contributed by atoms with Crippen LogP contribution in [0.2, 0.25) is 10.0 Å². The number of halogens is 3. The van der Waals surface area contributed by atoms with E-state index in [1.165, 1.54) is 32.4 Å². The molecule has 0 unspecified atom stereocenters. The molecule has 0 aliphatic rings. The lowest BCUT2D eigenvalue weighted by Gasteiger charge is -2.13. The van der Waals surface area contributed by atoms with Crippen molar-refractivity contribution in [2.75, 3.05) is 20.0 Å². The fourth-order valence-corrected chi connectivity index (χ4v) is 2.14. The first-order chi connectivity index (χ1) is 10.4. The predicted molar refractivity (Wildman–Crippen MR) is 82.0 cm³/mol. The van der Waals surface area contributed by atoms with Gasteiger partial charge in [-0.3, -0.25) is 0 Å². The van der Waals surface area contributed by atoms with E-state index >= 15 is 0 Å². The molecule has 2 aromatic rings. The molecule has 0 radical (unpaired) electrons. The number of carbonyl (C=O) groups is 1. The van der Waals surface area contributed by atoms with Gasteiger partial charge in [0.2, 0.25) is 0 Å². The van der Waals surface area contributed by atoms with Crippen molar-refractivity contribution in [2.24, 2.45) is 0 Å². The number of aromatic nitrogens is 1. The van der Waals surface area contributed by atoms with Crippen LogP contribution in [0.15, 0.2) is 18.2 Å². The van der Waals surface area contributed by atoms with Crippen LogP contribution < -0.4 is 10.5 Å². The number of benzene rings is 1. The molecule has 0 amide bonds. The lowest BCUT2D eigenvalue weighted by molar-refractivity contribution is 0.0590.